The number of allylic oxidation sites excluding steroid dienone is 4. The average molecular weight is 378 g/mol. The van der Waals surface area contributed by atoms with Crippen LogP contribution in [0.2, 0.25) is 0 Å². The molecule has 3 saturated carbocycles. The van der Waals surface area contributed by atoms with Gasteiger partial charge in [-0.1, -0.05) is 25.5 Å². The van der Waals surface area contributed by atoms with Crippen molar-refractivity contribution < 1.29 is 29.3 Å². The highest BCUT2D eigenvalue weighted by Crippen LogP contribution is 2.70. The minimum atomic E-state index is -2.00. The van der Waals surface area contributed by atoms with E-state index in [0.717, 1.165) is 0 Å². The SMILES string of the molecule is C[C@@H]1C[C@H]2[C@H]3CCC4=CC(=O)C=C[C@]4(C)[C@@]3(F)[C@@H](O)C[C@]2(C)[C@@]1(O)C(=O)O. The van der Waals surface area contributed by atoms with E-state index in [4.69, 9.17) is 0 Å². The molecule has 27 heavy (non-hydrogen) atoms. The van der Waals surface area contributed by atoms with Crippen molar-refractivity contribution in [3.8, 4) is 0 Å². The molecule has 5 nitrogen and oxygen atoms in total. The van der Waals surface area contributed by atoms with Gasteiger partial charge in [-0.3, -0.25) is 4.79 Å². The Morgan fingerprint density at radius 2 is 1.96 bits per heavy atom. The average Bonchev–Trinajstić information content (AvgIpc) is 2.79. The summed E-state index contributed by atoms with van der Waals surface area (Å²) < 4.78 is 16.8. The van der Waals surface area contributed by atoms with Crippen molar-refractivity contribution in [2.75, 3.05) is 0 Å². The number of carboxylic acid groups (broad SMARTS) is 1. The largest absolute Gasteiger partial charge is 0.479 e. The molecule has 4 aliphatic carbocycles. The number of aliphatic carboxylic acids is 1. The molecule has 0 spiro atoms. The predicted octanol–water partition coefficient (Wildman–Crippen LogP) is 2.42. The van der Waals surface area contributed by atoms with Crippen LogP contribution in [0.1, 0.15) is 46.5 Å². The van der Waals surface area contributed by atoms with Crippen LogP contribution < -0.4 is 0 Å². The molecule has 0 amide bonds. The minimum absolute atomic E-state index is 0.123. The lowest BCUT2D eigenvalue weighted by Crippen LogP contribution is -2.69. The van der Waals surface area contributed by atoms with E-state index in [9.17, 15) is 24.9 Å². The van der Waals surface area contributed by atoms with Crippen LogP contribution in [-0.2, 0) is 9.59 Å². The van der Waals surface area contributed by atoms with E-state index in [1.54, 1.807) is 26.8 Å². The summed E-state index contributed by atoms with van der Waals surface area (Å²) in [6, 6.07) is 0. The standard InChI is InChI=1S/C21H27FO5/c1-11-8-15-14-5-4-12-9-13(23)6-7-18(12,2)20(14,22)16(24)10-19(15,3)21(11,27)17(25)26/h6-7,9,11,14-16,24,27H,4-5,8,10H2,1-3H3,(H,25,26)/t11-,14-,15+,16+,18+,19+,20+,21+/m1/s1. The molecule has 0 unspecified atom stereocenters. The second-order valence-electron chi connectivity index (χ2n) is 9.47. The Bertz CT molecular complexity index is 789. The summed E-state index contributed by atoms with van der Waals surface area (Å²) in [7, 11) is 0. The minimum Gasteiger partial charge on any atom is -0.479 e. The van der Waals surface area contributed by atoms with Crippen molar-refractivity contribution in [1.82, 2.24) is 0 Å². The predicted molar refractivity (Wildman–Crippen MR) is 95.5 cm³/mol. The summed E-state index contributed by atoms with van der Waals surface area (Å²) in [6.07, 6.45) is 4.22. The normalized spacial score (nSPS) is 54.0. The molecule has 148 valence electrons. The Labute approximate surface area is 158 Å². The lowest BCUT2D eigenvalue weighted by Gasteiger charge is -2.62. The van der Waals surface area contributed by atoms with Crippen LogP contribution in [-0.4, -0.2) is 44.4 Å². The Kier molecular flexibility index (Phi) is 3.69. The Morgan fingerprint density at radius 1 is 1.30 bits per heavy atom. The van der Waals surface area contributed by atoms with Gasteiger partial charge in [-0.15, -0.1) is 0 Å². The molecule has 4 aliphatic rings. The molecule has 0 aromatic carbocycles. The van der Waals surface area contributed by atoms with Crippen LogP contribution in [0.4, 0.5) is 4.39 Å². The summed E-state index contributed by atoms with van der Waals surface area (Å²) in [5.74, 6) is -2.94. The number of halogens is 1. The molecule has 6 heteroatoms. The Hall–Kier alpha value is -1.53. The zero-order valence-corrected chi connectivity index (χ0v) is 15.9. The number of aliphatic hydroxyl groups is 2. The van der Waals surface area contributed by atoms with E-state index in [-0.39, 0.29) is 18.1 Å². The highest BCUT2D eigenvalue weighted by Gasteiger charge is 2.76. The number of alkyl halides is 1. The van der Waals surface area contributed by atoms with E-state index in [0.29, 0.717) is 24.8 Å². The number of hydrogen-bond donors (Lipinski definition) is 3. The lowest BCUT2D eigenvalue weighted by atomic mass is 9.45. The van der Waals surface area contributed by atoms with Gasteiger partial charge < -0.3 is 15.3 Å². The highest BCUT2D eigenvalue weighted by molar-refractivity contribution is 6.01. The first-order valence-electron chi connectivity index (χ1n) is 9.70. The quantitative estimate of drug-likeness (QED) is 0.651. The van der Waals surface area contributed by atoms with Crippen molar-refractivity contribution >= 4 is 11.8 Å². The van der Waals surface area contributed by atoms with Gasteiger partial charge in [0.2, 0.25) is 0 Å². The van der Waals surface area contributed by atoms with Gasteiger partial charge in [0.15, 0.2) is 17.1 Å². The number of aliphatic hydroxyl groups excluding tert-OH is 1. The third-order valence-electron chi connectivity index (χ3n) is 8.55. The van der Waals surface area contributed by atoms with Gasteiger partial charge in [0, 0.05) is 16.7 Å². The van der Waals surface area contributed by atoms with Gasteiger partial charge in [-0.2, -0.15) is 0 Å². The molecule has 4 rings (SSSR count). The Morgan fingerprint density at radius 3 is 2.59 bits per heavy atom. The van der Waals surface area contributed by atoms with Gasteiger partial charge in [0.05, 0.1) is 6.10 Å². The first-order chi connectivity index (χ1) is 12.4. The highest BCUT2D eigenvalue weighted by atomic mass is 19.1. The molecular weight excluding hydrogens is 351 g/mol. The zero-order chi connectivity index (χ0) is 20.0. The molecule has 3 fully saturated rings. The molecule has 0 radical (unpaired) electrons. The number of rotatable bonds is 1. The van der Waals surface area contributed by atoms with Crippen LogP contribution in [0.3, 0.4) is 0 Å². The van der Waals surface area contributed by atoms with Gasteiger partial charge in [0.25, 0.3) is 0 Å². The first-order valence-corrected chi connectivity index (χ1v) is 9.70. The van der Waals surface area contributed by atoms with Gasteiger partial charge in [-0.25, -0.2) is 9.18 Å². The number of ketones is 1. The zero-order valence-electron chi connectivity index (χ0n) is 15.9. The summed E-state index contributed by atoms with van der Waals surface area (Å²) in [6.45, 7) is 5.10. The van der Waals surface area contributed by atoms with E-state index in [1.165, 1.54) is 12.2 Å². The fraction of sp³-hybridized carbons (Fsp3) is 0.714. The first kappa shape index (κ1) is 18.8. The Balaban J connectivity index is 1.85. The third-order valence-corrected chi connectivity index (χ3v) is 8.55. The van der Waals surface area contributed by atoms with Gasteiger partial charge >= 0.3 is 5.97 Å². The monoisotopic (exact) mass is 378 g/mol. The smallest absolute Gasteiger partial charge is 0.336 e. The van der Waals surface area contributed by atoms with Crippen LogP contribution >= 0.6 is 0 Å². The molecule has 8 atom stereocenters. The van der Waals surface area contributed by atoms with Gasteiger partial charge in [0.1, 0.15) is 0 Å². The maximum Gasteiger partial charge on any atom is 0.336 e. The topological polar surface area (TPSA) is 94.8 Å². The summed E-state index contributed by atoms with van der Waals surface area (Å²) >= 11 is 0. The molecule has 0 aromatic heterocycles. The number of carboxylic acids is 1. The summed E-state index contributed by atoms with van der Waals surface area (Å²) in [4.78, 5) is 23.8. The van der Waals surface area contributed by atoms with Crippen LogP contribution in [0, 0.1) is 28.6 Å². The number of carbonyl (C=O) groups excluding carboxylic acids is 1. The lowest BCUT2D eigenvalue weighted by molar-refractivity contribution is -0.225. The van der Waals surface area contributed by atoms with Gasteiger partial charge in [-0.05, 0) is 56.6 Å². The summed E-state index contributed by atoms with van der Waals surface area (Å²) in [5, 5.41) is 31.9. The van der Waals surface area contributed by atoms with E-state index in [1.807, 2.05) is 0 Å². The maximum atomic E-state index is 16.8. The van der Waals surface area contributed by atoms with Crippen molar-refractivity contribution in [3.05, 3.63) is 23.8 Å². The second-order valence-corrected chi connectivity index (χ2v) is 9.47. The van der Waals surface area contributed by atoms with E-state index in [2.05, 4.69) is 0 Å². The van der Waals surface area contributed by atoms with Crippen LogP contribution in [0.5, 0.6) is 0 Å². The summed E-state index contributed by atoms with van der Waals surface area (Å²) in [5.41, 5.74) is -5.51. The van der Waals surface area contributed by atoms with Crippen LogP contribution in [0.25, 0.3) is 0 Å². The molecule has 0 aromatic rings. The van der Waals surface area contributed by atoms with Crippen molar-refractivity contribution in [2.24, 2.45) is 28.6 Å². The van der Waals surface area contributed by atoms with Crippen molar-refractivity contribution in [2.45, 2.75) is 63.8 Å². The van der Waals surface area contributed by atoms with Crippen molar-refractivity contribution in [1.29, 1.82) is 0 Å². The fourth-order valence-electron chi connectivity index (χ4n) is 7.00. The molecule has 0 aliphatic heterocycles. The molecule has 3 N–H and O–H groups in total. The molecule has 0 bridgehead atoms. The maximum absolute atomic E-state index is 16.8. The number of carbonyl (C=O) groups is 2. The third kappa shape index (κ3) is 1.91. The van der Waals surface area contributed by atoms with Crippen molar-refractivity contribution in [3.63, 3.8) is 0 Å². The molecular formula is C21H27FO5. The number of hydrogen-bond acceptors (Lipinski definition) is 4. The molecule has 0 heterocycles. The molecule has 0 saturated heterocycles. The number of fused-ring (bicyclic) bond motifs is 5. The van der Waals surface area contributed by atoms with Crippen LogP contribution in [0.15, 0.2) is 23.8 Å². The van der Waals surface area contributed by atoms with E-state index >= 15 is 4.39 Å². The van der Waals surface area contributed by atoms with E-state index < -0.39 is 46.0 Å². The second kappa shape index (κ2) is 5.29. The fourth-order valence-corrected chi connectivity index (χ4v) is 7.00.